The lowest BCUT2D eigenvalue weighted by molar-refractivity contribution is -0.123. The summed E-state index contributed by atoms with van der Waals surface area (Å²) in [6, 6.07) is 9.88. The fourth-order valence-electron chi connectivity index (χ4n) is 3.00. The molecule has 1 atom stereocenters. The highest BCUT2D eigenvalue weighted by Gasteiger charge is 2.28. The van der Waals surface area contributed by atoms with Crippen LogP contribution in [-0.2, 0) is 24.2 Å². The van der Waals surface area contributed by atoms with E-state index in [4.69, 9.17) is 0 Å². The van der Waals surface area contributed by atoms with Gasteiger partial charge in [-0.25, -0.2) is 9.97 Å². The standard InChI is InChI=1S/C18H19N5OS.2ClH/c24-18(17-16-14(6-7-19-17)21-11-22-16)20-9-13-10-25-15(23-13)8-12-4-2-1-3-5-12;;/h1-5,10-11,17,19H,6-9H2,(H,20,24)(H,21,22);2*1H. The summed E-state index contributed by atoms with van der Waals surface area (Å²) < 4.78 is 0. The third kappa shape index (κ3) is 5.07. The Hall–Kier alpha value is -1.93. The van der Waals surface area contributed by atoms with Crippen molar-refractivity contribution in [1.82, 2.24) is 25.6 Å². The molecule has 0 saturated heterocycles. The van der Waals surface area contributed by atoms with E-state index in [2.05, 4.69) is 37.7 Å². The van der Waals surface area contributed by atoms with E-state index in [1.807, 2.05) is 23.6 Å². The molecule has 1 unspecified atom stereocenters. The zero-order valence-electron chi connectivity index (χ0n) is 14.5. The zero-order valence-corrected chi connectivity index (χ0v) is 16.9. The summed E-state index contributed by atoms with van der Waals surface area (Å²) in [5.74, 6) is -0.0642. The molecule has 0 fully saturated rings. The summed E-state index contributed by atoms with van der Waals surface area (Å²) in [6.07, 6.45) is 3.34. The Labute approximate surface area is 174 Å². The van der Waals surface area contributed by atoms with Gasteiger partial charge in [0.25, 0.3) is 0 Å². The van der Waals surface area contributed by atoms with Gasteiger partial charge >= 0.3 is 0 Å². The molecule has 0 spiro atoms. The Morgan fingerprint density at radius 1 is 1.26 bits per heavy atom. The van der Waals surface area contributed by atoms with Gasteiger partial charge in [-0.2, -0.15) is 0 Å². The molecule has 0 aliphatic carbocycles. The number of halogens is 2. The Balaban J connectivity index is 0.00000131. The molecule has 9 heteroatoms. The monoisotopic (exact) mass is 425 g/mol. The molecule has 144 valence electrons. The molecular formula is C18H21Cl2N5OS. The van der Waals surface area contributed by atoms with Crippen LogP contribution in [-0.4, -0.2) is 27.4 Å². The number of aromatic amines is 1. The van der Waals surface area contributed by atoms with Gasteiger partial charge in [0.05, 0.1) is 29.3 Å². The van der Waals surface area contributed by atoms with E-state index in [9.17, 15) is 4.79 Å². The van der Waals surface area contributed by atoms with Crippen molar-refractivity contribution in [2.45, 2.75) is 25.4 Å². The number of hydrogen-bond donors (Lipinski definition) is 3. The van der Waals surface area contributed by atoms with Gasteiger partial charge in [0.1, 0.15) is 6.04 Å². The van der Waals surface area contributed by atoms with Gasteiger partial charge < -0.3 is 15.6 Å². The Bertz CT molecular complexity index is 868. The van der Waals surface area contributed by atoms with E-state index in [0.717, 1.165) is 41.5 Å². The van der Waals surface area contributed by atoms with Crippen LogP contribution in [0, 0.1) is 0 Å². The van der Waals surface area contributed by atoms with Crippen molar-refractivity contribution in [3.63, 3.8) is 0 Å². The number of amides is 1. The van der Waals surface area contributed by atoms with Crippen LogP contribution in [0.4, 0.5) is 0 Å². The summed E-state index contributed by atoms with van der Waals surface area (Å²) in [7, 11) is 0. The van der Waals surface area contributed by atoms with Crippen molar-refractivity contribution in [2.75, 3.05) is 6.54 Å². The lowest BCUT2D eigenvalue weighted by Gasteiger charge is -2.21. The van der Waals surface area contributed by atoms with Crippen molar-refractivity contribution < 1.29 is 4.79 Å². The molecule has 1 amide bonds. The number of hydrogen-bond acceptors (Lipinski definition) is 5. The van der Waals surface area contributed by atoms with E-state index < -0.39 is 6.04 Å². The minimum absolute atomic E-state index is 0. The molecule has 4 rings (SSSR count). The van der Waals surface area contributed by atoms with Gasteiger partial charge in [-0.1, -0.05) is 30.3 Å². The fraction of sp³-hybridized carbons (Fsp3) is 0.278. The molecule has 1 aliphatic rings. The maximum absolute atomic E-state index is 12.5. The largest absolute Gasteiger partial charge is 0.349 e. The highest BCUT2D eigenvalue weighted by molar-refractivity contribution is 7.09. The number of aromatic nitrogens is 3. The van der Waals surface area contributed by atoms with Gasteiger partial charge in [-0.05, 0) is 5.56 Å². The predicted octanol–water partition coefficient (Wildman–Crippen LogP) is 2.80. The van der Waals surface area contributed by atoms with Crippen molar-refractivity contribution in [3.05, 3.63) is 69.7 Å². The lowest BCUT2D eigenvalue weighted by Crippen LogP contribution is -2.41. The first-order valence-electron chi connectivity index (χ1n) is 8.30. The highest BCUT2D eigenvalue weighted by atomic mass is 35.5. The van der Waals surface area contributed by atoms with Crippen molar-refractivity contribution in [3.8, 4) is 0 Å². The minimum atomic E-state index is -0.391. The lowest BCUT2D eigenvalue weighted by atomic mass is 10.1. The fourth-order valence-corrected chi connectivity index (χ4v) is 3.83. The Morgan fingerprint density at radius 3 is 2.89 bits per heavy atom. The molecule has 3 N–H and O–H groups in total. The van der Waals surface area contributed by atoms with Crippen LogP contribution in [0.5, 0.6) is 0 Å². The number of benzene rings is 1. The number of nitrogens with one attached hydrogen (secondary N) is 3. The highest BCUT2D eigenvalue weighted by Crippen LogP contribution is 2.19. The van der Waals surface area contributed by atoms with Gasteiger partial charge in [0.2, 0.25) is 5.91 Å². The number of fused-ring (bicyclic) bond motifs is 1. The number of H-pyrrole nitrogens is 1. The first kappa shape index (κ1) is 21.4. The second-order valence-corrected chi connectivity index (χ2v) is 6.96. The summed E-state index contributed by atoms with van der Waals surface area (Å²) in [4.78, 5) is 24.5. The van der Waals surface area contributed by atoms with Gasteiger partial charge in [0, 0.05) is 30.5 Å². The Morgan fingerprint density at radius 2 is 2.07 bits per heavy atom. The third-order valence-electron chi connectivity index (χ3n) is 4.25. The van der Waals surface area contributed by atoms with Crippen LogP contribution in [0.15, 0.2) is 42.0 Å². The second-order valence-electron chi connectivity index (χ2n) is 6.02. The number of carbonyl (C=O) groups excluding carboxylic acids is 1. The maximum Gasteiger partial charge on any atom is 0.243 e. The molecule has 27 heavy (non-hydrogen) atoms. The number of carbonyl (C=O) groups is 1. The molecule has 1 aromatic carbocycles. The molecule has 0 saturated carbocycles. The molecule has 2 aromatic heterocycles. The quantitative estimate of drug-likeness (QED) is 0.586. The van der Waals surface area contributed by atoms with Crippen molar-refractivity contribution in [1.29, 1.82) is 0 Å². The molecule has 3 aromatic rings. The number of rotatable bonds is 5. The van der Waals surface area contributed by atoms with E-state index in [-0.39, 0.29) is 30.7 Å². The average Bonchev–Trinajstić information content (AvgIpc) is 3.29. The number of nitrogens with zero attached hydrogens (tertiary/aromatic N) is 2. The minimum Gasteiger partial charge on any atom is -0.349 e. The van der Waals surface area contributed by atoms with Crippen LogP contribution >= 0.6 is 36.2 Å². The molecule has 6 nitrogen and oxygen atoms in total. The maximum atomic E-state index is 12.5. The first-order valence-corrected chi connectivity index (χ1v) is 9.18. The Kier molecular flexibility index (Phi) is 7.79. The van der Waals surface area contributed by atoms with E-state index in [1.165, 1.54) is 5.56 Å². The first-order chi connectivity index (χ1) is 12.3. The molecule has 3 heterocycles. The van der Waals surface area contributed by atoms with E-state index in [1.54, 1.807) is 17.7 Å². The average molecular weight is 426 g/mol. The summed E-state index contributed by atoms with van der Waals surface area (Å²) in [5, 5.41) is 9.25. The van der Waals surface area contributed by atoms with Crippen LogP contribution < -0.4 is 10.6 Å². The van der Waals surface area contributed by atoms with Gasteiger partial charge in [0.15, 0.2) is 0 Å². The molecular weight excluding hydrogens is 405 g/mol. The van der Waals surface area contributed by atoms with Crippen LogP contribution in [0.2, 0.25) is 0 Å². The van der Waals surface area contributed by atoms with Crippen LogP contribution in [0.1, 0.15) is 33.7 Å². The van der Waals surface area contributed by atoms with Crippen molar-refractivity contribution >= 4 is 42.1 Å². The SMILES string of the molecule is Cl.Cl.O=C(NCc1csc(Cc2ccccc2)n1)C1NCCc2[nH]cnc21. The number of thiazole rings is 1. The topological polar surface area (TPSA) is 82.7 Å². The van der Waals surface area contributed by atoms with Gasteiger partial charge in [-0.3, -0.25) is 4.79 Å². The predicted molar refractivity (Wildman–Crippen MR) is 111 cm³/mol. The van der Waals surface area contributed by atoms with Crippen molar-refractivity contribution in [2.24, 2.45) is 0 Å². The summed E-state index contributed by atoms with van der Waals surface area (Å²) >= 11 is 1.63. The summed E-state index contributed by atoms with van der Waals surface area (Å²) in [6.45, 7) is 1.20. The molecule has 1 aliphatic heterocycles. The zero-order chi connectivity index (χ0) is 17.1. The molecule has 0 bridgehead atoms. The normalized spacial score (nSPS) is 15.2. The van der Waals surface area contributed by atoms with Gasteiger partial charge in [-0.15, -0.1) is 36.2 Å². The van der Waals surface area contributed by atoms with Crippen LogP contribution in [0.3, 0.4) is 0 Å². The van der Waals surface area contributed by atoms with E-state index >= 15 is 0 Å². The van der Waals surface area contributed by atoms with E-state index in [0.29, 0.717) is 6.54 Å². The van der Waals surface area contributed by atoms with Crippen LogP contribution in [0.25, 0.3) is 0 Å². The third-order valence-corrected chi connectivity index (χ3v) is 5.15. The molecule has 0 radical (unpaired) electrons. The number of imidazole rings is 1. The summed E-state index contributed by atoms with van der Waals surface area (Å²) in [5.41, 5.74) is 3.97. The second kappa shape index (κ2) is 9.85. The smallest absolute Gasteiger partial charge is 0.243 e.